The van der Waals surface area contributed by atoms with Crippen molar-refractivity contribution in [3.05, 3.63) is 29.6 Å². The molecule has 1 unspecified atom stereocenters. The second-order valence-electron chi connectivity index (χ2n) is 4.16. The average Bonchev–Trinajstić information content (AvgIpc) is 2.26. The summed E-state index contributed by atoms with van der Waals surface area (Å²) in [4.78, 5) is 0. The number of anilines is 1. The van der Waals surface area contributed by atoms with E-state index in [1.165, 1.54) is 0 Å². The van der Waals surface area contributed by atoms with Crippen molar-refractivity contribution in [2.24, 2.45) is 5.92 Å². The summed E-state index contributed by atoms with van der Waals surface area (Å²) < 4.78 is 50.4. The van der Waals surface area contributed by atoms with E-state index >= 15 is 0 Å². The fourth-order valence-electron chi connectivity index (χ4n) is 1.41. The van der Waals surface area contributed by atoms with Crippen LogP contribution in [0.1, 0.15) is 18.9 Å². The molecule has 0 spiro atoms. The zero-order valence-corrected chi connectivity index (χ0v) is 10.6. The second-order valence-corrected chi connectivity index (χ2v) is 4.53. The number of nitrogens with one attached hydrogen (secondary N) is 1. The molecule has 0 aromatic heterocycles. The van der Waals surface area contributed by atoms with Crippen molar-refractivity contribution >= 4 is 17.3 Å². The number of hydrogen-bond acceptors (Lipinski definition) is 1. The molecule has 0 bridgehead atoms. The molecule has 1 nitrogen and oxygen atoms in total. The predicted octanol–water partition coefficient (Wildman–Crippen LogP) is 4.52. The normalized spacial score (nSPS) is 13.4. The summed E-state index contributed by atoms with van der Waals surface area (Å²) in [5.74, 6) is -0.176. The lowest BCUT2D eigenvalue weighted by Gasteiger charge is -2.14. The molecule has 1 aromatic rings. The predicted molar refractivity (Wildman–Crippen MR) is 64.4 cm³/mol. The minimum atomic E-state index is -4.52. The number of rotatable bonds is 5. The third-order valence-electron chi connectivity index (χ3n) is 2.54. The van der Waals surface area contributed by atoms with Crippen LogP contribution >= 0.6 is 11.6 Å². The lowest BCUT2D eigenvalue weighted by atomic mass is 10.1. The van der Waals surface area contributed by atoms with Gasteiger partial charge < -0.3 is 5.32 Å². The van der Waals surface area contributed by atoms with Crippen LogP contribution in [0.15, 0.2) is 18.2 Å². The first kappa shape index (κ1) is 15.1. The summed E-state index contributed by atoms with van der Waals surface area (Å²) in [6.07, 6.45) is -3.76. The molecule has 0 aliphatic rings. The summed E-state index contributed by atoms with van der Waals surface area (Å²) in [6.45, 7) is 2.40. The van der Waals surface area contributed by atoms with Crippen LogP contribution in [0.25, 0.3) is 0 Å². The molecule has 0 aliphatic heterocycles. The molecule has 102 valence electrons. The molecule has 0 aliphatic carbocycles. The van der Waals surface area contributed by atoms with Gasteiger partial charge in [0.2, 0.25) is 0 Å². The van der Waals surface area contributed by atoms with E-state index in [4.69, 9.17) is 11.6 Å². The third-order valence-corrected chi connectivity index (χ3v) is 2.76. The molecule has 0 amide bonds. The van der Waals surface area contributed by atoms with E-state index in [-0.39, 0.29) is 11.6 Å². The Hall–Kier alpha value is -0.970. The summed E-state index contributed by atoms with van der Waals surface area (Å²) in [5, 5.41) is 2.78. The van der Waals surface area contributed by atoms with Crippen LogP contribution in [-0.2, 0) is 6.18 Å². The molecule has 0 heterocycles. The lowest BCUT2D eigenvalue weighted by Crippen LogP contribution is -2.13. The molecule has 0 fully saturated rings. The van der Waals surface area contributed by atoms with E-state index in [2.05, 4.69) is 5.32 Å². The highest BCUT2D eigenvalue weighted by Gasteiger charge is 2.31. The Balaban J connectivity index is 2.69. The molecule has 0 radical (unpaired) electrons. The van der Waals surface area contributed by atoms with Gasteiger partial charge in [0.1, 0.15) is 5.82 Å². The van der Waals surface area contributed by atoms with Gasteiger partial charge in [-0.05, 0) is 30.5 Å². The highest BCUT2D eigenvalue weighted by atomic mass is 35.5. The minimum absolute atomic E-state index is 0.0735. The Morgan fingerprint density at radius 3 is 2.50 bits per heavy atom. The zero-order chi connectivity index (χ0) is 13.8. The van der Waals surface area contributed by atoms with Crippen molar-refractivity contribution in [1.82, 2.24) is 0 Å². The van der Waals surface area contributed by atoms with E-state index in [0.29, 0.717) is 18.5 Å². The monoisotopic (exact) mass is 283 g/mol. The molecule has 1 N–H and O–H groups in total. The first-order valence-electron chi connectivity index (χ1n) is 5.51. The highest BCUT2D eigenvalue weighted by molar-refractivity contribution is 6.17. The van der Waals surface area contributed by atoms with Crippen molar-refractivity contribution in [1.29, 1.82) is 0 Å². The van der Waals surface area contributed by atoms with Crippen LogP contribution in [0.2, 0.25) is 0 Å². The van der Waals surface area contributed by atoms with Gasteiger partial charge >= 0.3 is 6.18 Å². The van der Waals surface area contributed by atoms with Crippen LogP contribution in [0, 0.1) is 11.7 Å². The van der Waals surface area contributed by atoms with Crippen LogP contribution < -0.4 is 5.32 Å². The average molecular weight is 284 g/mol. The van der Waals surface area contributed by atoms with Crippen LogP contribution in [-0.4, -0.2) is 12.4 Å². The number of alkyl halides is 4. The minimum Gasteiger partial charge on any atom is -0.382 e. The van der Waals surface area contributed by atoms with Gasteiger partial charge in [0.15, 0.2) is 0 Å². The van der Waals surface area contributed by atoms with E-state index in [1.807, 2.05) is 6.92 Å². The third kappa shape index (κ3) is 4.37. The summed E-state index contributed by atoms with van der Waals surface area (Å²) in [6, 6.07) is 2.46. The molecule has 6 heteroatoms. The summed E-state index contributed by atoms with van der Waals surface area (Å²) in [5.41, 5.74) is -0.913. The largest absolute Gasteiger partial charge is 0.416 e. The number of halogens is 5. The lowest BCUT2D eigenvalue weighted by molar-refractivity contribution is -0.137. The van der Waals surface area contributed by atoms with Gasteiger partial charge in [0.25, 0.3) is 0 Å². The van der Waals surface area contributed by atoms with E-state index in [0.717, 1.165) is 18.6 Å². The Labute approximate surface area is 108 Å². The smallest absolute Gasteiger partial charge is 0.382 e. The van der Waals surface area contributed by atoms with E-state index in [9.17, 15) is 17.6 Å². The van der Waals surface area contributed by atoms with Gasteiger partial charge in [-0.2, -0.15) is 13.2 Å². The van der Waals surface area contributed by atoms with Crippen molar-refractivity contribution in [3.8, 4) is 0 Å². The summed E-state index contributed by atoms with van der Waals surface area (Å²) >= 11 is 5.55. The van der Waals surface area contributed by atoms with Gasteiger partial charge in [-0.15, -0.1) is 11.6 Å². The molecule has 18 heavy (non-hydrogen) atoms. The van der Waals surface area contributed by atoms with Crippen LogP contribution in [0.3, 0.4) is 0 Å². The fraction of sp³-hybridized carbons (Fsp3) is 0.500. The maximum Gasteiger partial charge on any atom is 0.416 e. The van der Waals surface area contributed by atoms with Gasteiger partial charge in [-0.25, -0.2) is 4.39 Å². The maximum atomic E-state index is 13.4. The molecule has 1 rings (SSSR count). The van der Waals surface area contributed by atoms with Gasteiger partial charge in [0, 0.05) is 12.4 Å². The molecule has 0 saturated heterocycles. The molecular formula is C12H14ClF4N. The number of benzene rings is 1. The first-order chi connectivity index (χ1) is 8.34. The van der Waals surface area contributed by atoms with Crippen molar-refractivity contribution in [3.63, 3.8) is 0 Å². The van der Waals surface area contributed by atoms with Crippen LogP contribution in [0.5, 0.6) is 0 Å². The molecular weight excluding hydrogens is 270 g/mol. The topological polar surface area (TPSA) is 12.0 Å². The van der Waals surface area contributed by atoms with Crippen molar-refractivity contribution in [2.45, 2.75) is 19.5 Å². The standard InChI is InChI=1S/C12H14ClF4N/c1-8(4-5-13)7-18-11-3-2-9(6-10(11)14)12(15,16)17/h2-3,6,8,18H,4-5,7H2,1H3. The highest BCUT2D eigenvalue weighted by Crippen LogP contribution is 2.31. The molecule has 1 aromatic carbocycles. The van der Waals surface area contributed by atoms with Gasteiger partial charge in [-0.1, -0.05) is 6.92 Å². The quantitative estimate of drug-likeness (QED) is 0.619. The van der Waals surface area contributed by atoms with Gasteiger partial charge in [0.05, 0.1) is 11.3 Å². The SMILES string of the molecule is CC(CCCl)CNc1ccc(C(F)(F)F)cc1F. The Bertz CT molecular complexity index is 392. The Morgan fingerprint density at radius 1 is 1.33 bits per heavy atom. The first-order valence-corrected chi connectivity index (χ1v) is 6.04. The van der Waals surface area contributed by atoms with E-state index in [1.54, 1.807) is 0 Å². The van der Waals surface area contributed by atoms with Gasteiger partial charge in [-0.3, -0.25) is 0 Å². The molecule has 1 atom stereocenters. The summed E-state index contributed by atoms with van der Waals surface area (Å²) in [7, 11) is 0. The van der Waals surface area contributed by atoms with Crippen LogP contribution in [0.4, 0.5) is 23.2 Å². The maximum absolute atomic E-state index is 13.4. The second kappa shape index (κ2) is 6.27. The molecule has 0 saturated carbocycles. The fourth-order valence-corrected chi connectivity index (χ4v) is 1.78. The zero-order valence-electron chi connectivity index (χ0n) is 9.82. The number of hydrogen-bond donors (Lipinski definition) is 1. The Kier molecular flexibility index (Phi) is 5.26. The Morgan fingerprint density at radius 2 is 2.00 bits per heavy atom. The van der Waals surface area contributed by atoms with E-state index < -0.39 is 17.6 Å². The van der Waals surface area contributed by atoms with Crippen molar-refractivity contribution < 1.29 is 17.6 Å². The van der Waals surface area contributed by atoms with Crippen molar-refractivity contribution in [2.75, 3.05) is 17.7 Å².